The van der Waals surface area contributed by atoms with E-state index < -0.39 is 0 Å². The average molecular weight is 335 g/mol. The zero-order chi connectivity index (χ0) is 18.7. The highest BCUT2D eigenvalue weighted by molar-refractivity contribution is 5.66. The van der Waals surface area contributed by atoms with Crippen LogP contribution < -0.4 is 11.1 Å². The zero-order valence-corrected chi connectivity index (χ0v) is 15.5. The highest BCUT2D eigenvalue weighted by Gasteiger charge is 2.06. The van der Waals surface area contributed by atoms with Gasteiger partial charge in [-0.3, -0.25) is 0 Å². The third-order valence-electron chi connectivity index (χ3n) is 3.64. The predicted octanol–water partition coefficient (Wildman–Crippen LogP) is 5.50. The van der Waals surface area contributed by atoms with Crippen LogP contribution in [-0.4, -0.2) is 6.04 Å². The molecule has 0 spiro atoms. The summed E-state index contributed by atoms with van der Waals surface area (Å²) in [6.45, 7) is 10.3. The Balaban J connectivity index is 0.000000970. The van der Waals surface area contributed by atoms with Gasteiger partial charge in [-0.2, -0.15) is 5.26 Å². The number of hydrogen-bond donors (Lipinski definition) is 2. The minimum atomic E-state index is -0.355. The number of nitrogens with one attached hydrogen (secondary N) is 1. The molecule has 1 atom stereocenters. The summed E-state index contributed by atoms with van der Waals surface area (Å²) in [5.74, 6) is 0. The molecule has 25 heavy (non-hydrogen) atoms. The van der Waals surface area contributed by atoms with Crippen LogP contribution in [0.1, 0.15) is 39.2 Å². The van der Waals surface area contributed by atoms with E-state index in [-0.39, 0.29) is 12.5 Å². The van der Waals surface area contributed by atoms with E-state index >= 15 is 0 Å². The molecule has 0 aliphatic rings. The third kappa shape index (κ3) is 6.82. The maximum absolute atomic E-state index is 8.65. The van der Waals surface area contributed by atoms with Gasteiger partial charge in [0, 0.05) is 11.4 Å². The lowest BCUT2D eigenvalue weighted by Gasteiger charge is -2.14. The summed E-state index contributed by atoms with van der Waals surface area (Å²) >= 11 is 0. The second kappa shape index (κ2) is 11.1. The van der Waals surface area contributed by atoms with Crippen LogP contribution in [0.15, 0.2) is 60.8 Å². The molecule has 2 aromatic carbocycles. The second-order valence-corrected chi connectivity index (χ2v) is 5.95. The Hall–Kier alpha value is -2.57. The minimum absolute atomic E-state index is 0.258. The fraction of sp³-hybridized carbons (Fsp3) is 0.318. The van der Waals surface area contributed by atoms with Crippen molar-refractivity contribution in [2.24, 2.45) is 5.73 Å². The van der Waals surface area contributed by atoms with Crippen molar-refractivity contribution < 1.29 is 0 Å². The molecule has 0 amide bonds. The van der Waals surface area contributed by atoms with E-state index in [2.05, 4.69) is 69.1 Å². The molecule has 2 aromatic rings. The van der Waals surface area contributed by atoms with E-state index in [0.29, 0.717) is 5.70 Å². The maximum Gasteiger partial charge on any atom is 0.0642 e. The summed E-state index contributed by atoms with van der Waals surface area (Å²) in [6, 6.07) is 18.4. The highest BCUT2D eigenvalue weighted by atomic mass is 14.9. The lowest BCUT2D eigenvalue weighted by Crippen LogP contribution is -2.25. The van der Waals surface area contributed by atoms with Crippen LogP contribution in [0.3, 0.4) is 0 Å². The van der Waals surface area contributed by atoms with Gasteiger partial charge in [0.05, 0.1) is 18.5 Å². The average Bonchev–Trinajstić information content (AvgIpc) is 2.63. The van der Waals surface area contributed by atoms with Crippen molar-refractivity contribution >= 4 is 5.69 Å². The summed E-state index contributed by atoms with van der Waals surface area (Å²) in [5, 5.41) is 11.8. The number of anilines is 1. The van der Waals surface area contributed by atoms with Crippen LogP contribution in [0.5, 0.6) is 0 Å². The molecule has 3 heteroatoms. The number of benzene rings is 2. The van der Waals surface area contributed by atoms with E-state index in [1.165, 1.54) is 23.1 Å². The Labute approximate surface area is 152 Å². The van der Waals surface area contributed by atoms with Gasteiger partial charge in [-0.15, -0.1) is 0 Å². The molecule has 2 rings (SSSR count). The maximum atomic E-state index is 8.65. The third-order valence-corrected chi connectivity index (χ3v) is 3.64. The molecule has 0 fully saturated rings. The molecule has 0 heterocycles. The summed E-state index contributed by atoms with van der Waals surface area (Å²) < 4.78 is 0. The van der Waals surface area contributed by atoms with Gasteiger partial charge in [0.25, 0.3) is 0 Å². The van der Waals surface area contributed by atoms with E-state index in [9.17, 15) is 0 Å². The second-order valence-electron chi connectivity index (χ2n) is 5.95. The molecular formula is C22H29N3. The van der Waals surface area contributed by atoms with Crippen LogP contribution >= 0.6 is 0 Å². The highest BCUT2D eigenvalue weighted by Crippen LogP contribution is 2.22. The first-order valence-electron chi connectivity index (χ1n) is 8.83. The molecule has 0 aliphatic heterocycles. The molecule has 3 N–H and O–H groups in total. The van der Waals surface area contributed by atoms with E-state index in [1.54, 1.807) is 0 Å². The Morgan fingerprint density at radius 1 is 1.04 bits per heavy atom. The van der Waals surface area contributed by atoms with Gasteiger partial charge in [-0.05, 0) is 35.2 Å². The molecule has 0 bridgehead atoms. The van der Waals surface area contributed by atoms with Crippen LogP contribution in [0.4, 0.5) is 5.69 Å². The Kier molecular flexibility index (Phi) is 9.06. The van der Waals surface area contributed by atoms with Crippen molar-refractivity contribution in [1.82, 2.24) is 0 Å². The fourth-order valence-corrected chi connectivity index (χ4v) is 2.18. The first-order valence-corrected chi connectivity index (χ1v) is 8.83. The van der Waals surface area contributed by atoms with Crippen molar-refractivity contribution in [3.05, 3.63) is 66.4 Å². The molecule has 1 unspecified atom stereocenters. The van der Waals surface area contributed by atoms with Gasteiger partial charge in [0.15, 0.2) is 0 Å². The SMILES string of the molecule is C=C(Nc1ccc(-c2ccc(CC)cc2)cc1)C(N)CC#N.CCC. The molecule has 0 saturated carbocycles. The van der Waals surface area contributed by atoms with Gasteiger partial charge in [-0.1, -0.05) is 70.2 Å². The summed E-state index contributed by atoms with van der Waals surface area (Å²) in [7, 11) is 0. The lowest BCUT2D eigenvalue weighted by atomic mass is 10.0. The first-order chi connectivity index (χ1) is 12.0. The van der Waals surface area contributed by atoms with Crippen molar-refractivity contribution in [3.8, 4) is 17.2 Å². The fourth-order valence-electron chi connectivity index (χ4n) is 2.18. The van der Waals surface area contributed by atoms with Crippen molar-refractivity contribution in [1.29, 1.82) is 5.26 Å². The predicted molar refractivity (Wildman–Crippen MR) is 108 cm³/mol. The first kappa shape index (κ1) is 20.5. The summed E-state index contributed by atoms with van der Waals surface area (Å²) in [5.41, 5.74) is 11.1. The Bertz CT molecular complexity index is 679. The summed E-state index contributed by atoms with van der Waals surface area (Å²) in [4.78, 5) is 0. The topological polar surface area (TPSA) is 61.8 Å². The standard InChI is InChI=1S/C19H21N3.C3H8/c1-3-15-4-6-16(7-5-15)17-8-10-18(11-9-17)22-14(2)19(21)12-13-20;1-3-2/h4-11,19,22H,2-3,12,21H2,1H3;3H2,1-2H3. The number of rotatable bonds is 6. The van der Waals surface area contributed by atoms with Crippen LogP contribution in [0.2, 0.25) is 0 Å². The zero-order valence-electron chi connectivity index (χ0n) is 15.5. The van der Waals surface area contributed by atoms with Crippen molar-refractivity contribution in [3.63, 3.8) is 0 Å². The molecule has 3 nitrogen and oxygen atoms in total. The number of nitrogens with two attached hydrogens (primary N) is 1. The Morgan fingerprint density at radius 3 is 1.96 bits per heavy atom. The van der Waals surface area contributed by atoms with E-state index in [4.69, 9.17) is 11.0 Å². The molecule has 132 valence electrons. The molecular weight excluding hydrogens is 306 g/mol. The molecule has 0 aromatic heterocycles. The number of hydrogen-bond acceptors (Lipinski definition) is 3. The van der Waals surface area contributed by atoms with Gasteiger partial charge in [0.2, 0.25) is 0 Å². The quantitative estimate of drug-likeness (QED) is 0.733. The van der Waals surface area contributed by atoms with Gasteiger partial charge < -0.3 is 11.1 Å². The minimum Gasteiger partial charge on any atom is -0.358 e. The monoisotopic (exact) mass is 335 g/mol. The largest absolute Gasteiger partial charge is 0.358 e. The van der Waals surface area contributed by atoms with Crippen molar-refractivity contribution in [2.75, 3.05) is 5.32 Å². The van der Waals surface area contributed by atoms with E-state index in [0.717, 1.165) is 12.1 Å². The smallest absolute Gasteiger partial charge is 0.0642 e. The number of aryl methyl sites for hydroxylation is 1. The van der Waals surface area contributed by atoms with Gasteiger partial charge in [0.1, 0.15) is 0 Å². The lowest BCUT2D eigenvalue weighted by molar-refractivity contribution is 0.799. The van der Waals surface area contributed by atoms with Crippen LogP contribution in [0.25, 0.3) is 11.1 Å². The normalized spacial score (nSPS) is 10.8. The molecule has 0 aliphatic carbocycles. The summed E-state index contributed by atoms with van der Waals surface area (Å²) in [6.07, 6.45) is 2.56. The van der Waals surface area contributed by atoms with Gasteiger partial charge >= 0.3 is 0 Å². The molecule has 0 radical (unpaired) electrons. The van der Waals surface area contributed by atoms with E-state index in [1.807, 2.05) is 18.2 Å². The number of nitriles is 1. The van der Waals surface area contributed by atoms with Crippen molar-refractivity contribution in [2.45, 2.75) is 46.1 Å². The van der Waals surface area contributed by atoms with Gasteiger partial charge in [-0.25, -0.2) is 0 Å². The molecule has 0 saturated heterocycles. The van der Waals surface area contributed by atoms with Crippen LogP contribution in [0, 0.1) is 11.3 Å². The van der Waals surface area contributed by atoms with Crippen LogP contribution in [-0.2, 0) is 6.42 Å². The number of nitrogens with zero attached hydrogens (tertiary/aromatic N) is 1. The Morgan fingerprint density at radius 2 is 1.52 bits per heavy atom.